The lowest BCUT2D eigenvalue weighted by Gasteiger charge is -2.49. The zero-order valence-electron chi connectivity index (χ0n) is 38.5. The fourth-order valence-corrected chi connectivity index (χ4v) is 10.9. The summed E-state index contributed by atoms with van der Waals surface area (Å²) >= 11 is 0. The van der Waals surface area contributed by atoms with Crippen LogP contribution in [0.1, 0.15) is 0 Å². The van der Waals surface area contributed by atoms with Crippen molar-refractivity contribution in [2.75, 3.05) is 26.4 Å². The highest BCUT2D eigenvalue weighted by atomic mass is 32.3. The van der Waals surface area contributed by atoms with Crippen molar-refractivity contribution in [2.45, 2.75) is 147 Å². The summed E-state index contributed by atoms with van der Waals surface area (Å²) < 4.78 is 264. The van der Waals surface area contributed by atoms with Gasteiger partial charge in [-0.1, -0.05) is 0 Å². The normalized spacial score (nSPS) is 41.4. The Morgan fingerprint density at radius 1 is 0.494 bits per heavy atom. The van der Waals surface area contributed by atoms with Gasteiger partial charge in [0.25, 0.3) is 0 Å². The zero-order valence-corrected chi connectivity index (χ0v) is 43.4. The van der Waals surface area contributed by atoms with Crippen LogP contribution in [0.15, 0.2) is 0 Å². The molecule has 5 fully saturated rings. The van der Waals surface area contributed by atoms with Gasteiger partial charge < -0.3 is 94.3 Å². The van der Waals surface area contributed by atoms with E-state index in [1.54, 1.807) is 0 Å². The Bertz CT molecular complexity index is 2780. The zero-order chi connectivity index (χ0) is 59.9. The van der Waals surface area contributed by atoms with Gasteiger partial charge in [-0.3, -0.25) is 27.3 Å². The summed E-state index contributed by atoms with van der Waals surface area (Å²) in [6, 6.07) is -7.04. The van der Waals surface area contributed by atoms with Gasteiger partial charge in [0.1, 0.15) is 97.5 Å². The first-order chi connectivity index (χ1) is 36.0. The number of aliphatic carboxylic acids is 1. The molecule has 0 radical (unpaired) electrons. The Hall–Kier alpha value is -2.03. The molecule has 0 bridgehead atoms. The van der Waals surface area contributed by atoms with Gasteiger partial charge in [0.05, 0.1) is 32.5 Å². The summed E-state index contributed by atoms with van der Waals surface area (Å²) in [6.07, 6.45) is -51.8. The Labute approximate surface area is 443 Å². The van der Waals surface area contributed by atoms with E-state index >= 15 is 0 Å². The van der Waals surface area contributed by atoms with E-state index < -0.39 is 242 Å². The fourth-order valence-electron chi connectivity index (χ4n) is 8.12. The second-order valence-electron chi connectivity index (χ2n) is 16.9. The first kappa shape index (κ1) is 67.8. The number of hydrogen-bond acceptors (Lipinski definition) is 35. The van der Waals surface area contributed by atoms with Gasteiger partial charge in [-0.05, 0) is 0 Å². The monoisotopic (exact) mass is 1290 g/mol. The third-order valence-electron chi connectivity index (χ3n) is 11.4. The first-order valence-corrected chi connectivity index (χ1v) is 29.6. The molecule has 79 heavy (non-hydrogen) atoms. The third-order valence-corrected chi connectivity index (χ3v) is 14.4. The average Bonchev–Trinajstić information content (AvgIpc) is 3.29. The lowest BCUT2D eigenvalue weighted by Crippen LogP contribution is -2.70. The Morgan fingerprint density at radius 3 is 1.52 bits per heavy atom. The predicted octanol–water partition coefficient (Wildman–Crippen LogP) is -13.1. The fraction of sp³-hybridized carbons (Fsp3) is 0.966. The van der Waals surface area contributed by atoms with E-state index in [-0.39, 0.29) is 0 Å². The summed E-state index contributed by atoms with van der Waals surface area (Å²) in [5.74, 6) is -2.18. The SMILES string of the molecule is N[C@H]1[C@@H](O[C@@H]2CO[C@@H](O[C@H]3[C@H](O)[C@@H](NS(=O)(=O)O)[C@@H](O)O[C@@H]3COS(=O)(=O)O)[C@H](OS(=O)(=O)O)[C@H]2O)O[C@H](CO)[C@@H](O[C@@H]2O[C@H](C(=O)O)[C@@H](O[C@H]3O[C@H](COS(=O)(=O)O)[C@@H](O)[C@H](O)[C@H]3NS(=O)(=O)O)[C@H](O)[C@H]2O)[C@@H]1OS(=O)(=O)O. The van der Waals surface area contributed by atoms with Crippen LogP contribution in [0.25, 0.3) is 0 Å². The van der Waals surface area contributed by atoms with E-state index in [4.69, 9.17) is 57.5 Å². The van der Waals surface area contributed by atoms with Crippen molar-refractivity contribution in [3.05, 3.63) is 0 Å². The molecule has 19 N–H and O–H groups in total. The maximum Gasteiger partial charge on any atom is 0.397 e. The molecule has 0 unspecified atom stereocenters. The molecular weight excluding hydrogens is 1240 g/mol. The summed E-state index contributed by atoms with van der Waals surface area (Å²) in [7, 11) is -33.1. The van der Waals surface area contributed by atoms with E-state index in [9.17, 15) is 119 Å². The highest BCUT2D eigenvalue weighted by Crippen LogP contribution is 2.36. The largest absolute Gasteiger partial charge is 0.479 e. The van der Waals surface area contributed by atoms with Crippen LogP contribution in [-0.2, 0) is 126 Å². The number of aliphatic hydroxyl groups is 8. The molecule has 24 atom stereocenters. The van der Waals surface area contributed by atoms with Crippen molar-refractivity contribution in [1.29, 1.82) is 0 Å². The summed E-state index contributed by atoms with van der Waals surface area (Å²) in [4.78, 5) is 12.6. The summed E-state index contributed by atoms with van der Waals surface area (Å²) in [5, 5.41) is 96.8. The first-order valence-electron chi connectivity index (χ1n) is 21.2. The number of rotatable bonds is 24. The second-order valence-corrected chi connectivity index (χ2v) is 23.6. The summed E-state index contributed by atoms with van der Waals surface area (Å²) in [6.45, 7) is -5.37. The van der Waals surface area contributed by atoms with Crippen LogP contribution >= 0.6 is 0 Å². The topological polar surface area (TPSA) is 695 Å². The maximum atomic E-state index is 12.6. The Kier molecular flexibility index (Phi) is 22.4. The molecule has 0 aromatic rings. The molecule has 0 saturated carbocycles. The highest BCUT2D eigenvalue weighted by molar-refractivity contribution is 7.84. The third kappa shape index (κ3) is 18.7. The number of ether oxygens (including phenoxy) is 9. The van der Waals surface area contributed by atoms with Crippen LogP contribution in [-0.4, -0.2) is 303 Å². The van der Waals surface area contributed by atoms with E-state index in [0.29, 0.717) is 0 Å². The van der Waals surface area contributed by atoms with Crippen molar-refractivity contribution in [3.8, 4) is 0 Å². The maximum absolute atomic E-state index is 12.6. The molecule has 5 aliphatic rings. The van der Waals surface area contributed by atoms with Gasteiger partial charge in [0, 0.05) is 0 Å². The molecule has 0 amide bonds. The van der Waals surface area contributed by atoms with Gasteiger partial charge in [-0.25, -0.2) is 21.5 Å². The van der Waals surface area contributed by atoms with Gasteiger partial charge in [-0.15, -0.1) is 0 Å². The van der Waals surface area contributed by atoms with Crippen molar-refractivity contribution in [2.24, 2.45) is 5.73 Å². The van der Waals surface area contributed by atoms with E-state index in [0.717, 1.165) is 0 Å². The van der Waals surface area contributed by atoms with Crippen molar-refractivity contribution in [1.82, 2.24) is 9.44 Å². The van der Waals surface area contributed by atoms with E-state index in [1.165, 1.54) is 9.44 Å². The molecule has 0 spiro atoms. The van der Waals surface area contributed by atoms with Crippen molar-refractivity contribution < 1.29 is 188 Å². The molecule has 0 aromatic carbocycles. The van der Waals surface area contributed by atoms with Crippen LogP contribution in [0.3, 0.4) is 0 Å². The molecule has 5 saturated heterocycles. The number of carboxylic acids is 1. The summed E-state index contributed by atoms with van der Waals surface area (Å²) in [5.41, 5.74) is 6.18. The standard InChI is InChI=1S/C29H51N3O41S6/c30-9-20(72-78(55,56)57)19(69-28-17(39)16(38)21(23(71-28)24(40)41)70-27-11(32-75(46,47)48)14(36)12(34)7(67-27)3-62-76(49,50)51)5(1-33)65-26(9)66-6-2-61-29(22(13(6)35)73-79(58,59)60)68-18-8(4-63-77(52,53)54)64-25(42)10(15(18)37)31-74(43,44)45/h5-23,25-29,31-39,42H,1-4,30H2,(H,40,41)(H,43,44,45)(H,46,47,48)(H,49,50,51)(H,52,53,54)(H,55,56,57)(H,58,59,60)/t5-,6-,7-,8-,9-,10-,11-,12-,13+,14-,15-,16-,17-,18-,19-,20-,21+,22-,23+,25+,26-,27-,28-,29+/m1/s1. The van der Waals surface area contributed by atoms with E-state index in [2.05, 4.69) is 16.7 Å². The molecule has 464 valence electrons. The lowest BCUT2D eigenvalue weighted by atomic mass is 9.95. The van der Waals surface area contributed by atoms with Crippen LogP contribution in [0, 0.1) is 0 Å². The van der Waals surface area contributed by atoms with Gasteiger partial charge in [0.2, 0.25) is 0 Å². The van der Waals surface area contributed by atoms with Crippen LogP contribution in [0.5, 0.6) is 0 Å². The van der Waals surface area contributed by atoms with Gasteiger partial charge >= 0.3 is 68.2 Å². The molecular formula is C29H51N3O41S6. The molecule has 0 aliphatic carbocycles. The number of nitrogens with two attached hydrogens (primary N) is 1. The number of aliphatic hydroxyl groups excluding tert-OH is 8. The average molecular weight is 1290 g/mol. The van der Waals surface area contributed by atoms with Crippen molar-refractivity contribution >= 4 is 68.2 Å². The molecule has 5 aliphatic heterocycles. The molecule has 44 nitrogen and oxygen atoms in total. The lowest BCUT2D eigenvalue weighted by molar-refractivity contribution is -0.368. The molecule has 50 heteroatoms. The molecule has 5 heterocycles. The highest BCUT2D eigenvalue weighted by Gasteiger charge is 2.58. The van der Waals surface area contributed by atoms with Crippen LogP contribution < -0.4 is 15.2 Å². The minimum absolute atomic E-state index is 1.15. The number of carboxylic acid groups (broad SMARTS) is 1. The van der Waals surface area contributed by atoms with Crippen LogP contribution in [0.4, 0.5) is 0 Å². The quantitative estimate of drug-likeness (QED) is 0.0399. The Morgan fingerprint density at radius 2 is 1.00 bits per heavy atom. The predicted molar refractivity (Wildman–Crippen MR) is 230 cm³/mol. The number of nitrogens with one attached hydrogen (secondary N) is 2. The molecule has 0 aromatic heterocycles. The van der Waals surface area contributed by atoms with Crippen molar-refractivity contribution in [3.63, 3.8) is 0 Å². The second kappa shape index (κ2) is 26.1. The van der Waals surface area contributed by atoms with E-state index in [1.807, 2.05) is 0 Å². The molecule has 5 rings (SSSR count). The van der Waals surface area contributed by atoms with Gasteiger partial charge in [0.15, 0.2) is 43.7 Å². The number of hydrogen-bond donors (Lipinski definition) is 18. The Balaban J connectivity index is 1.39. The van der Waals surface area contributed by atoms with Crippen LogP contribution in [0.2, 0.25) is 0 Å². The smallest absolute Gasteiger partial charge is 0.397 e. The minimum atomic E-state index is -5.79. The number of carbonyl (C=O) groups is 1. The van der Waals surface area contributed by atoms with Gasteiger partial charge in [-0.2, -0.15) is 60.0 Å². The minimum Gasteiger partial charge on any atom is -0.479 e.